The maximum atomic E-state index is 15.0. The third-order valence-electron chi connectivity index (χ3n) is 6.32. The molecule has 0 amide bonds. The first-order chi connectivity index (χ1) is 15.8. The zero-order valence-electron chi connectivity index (χ0n) is 19.4. The number of benzene rings is 4. The van der Waals surface area contributed by atoms with Gasteiger partial charge in [0, 0.05) is 33.0 Å². The molecule has 4 aromatic rings. The Hall–Kier alpha value is -2.66. The van der Waals surface area contributed by atoms with Crippen LogP contribution in [0.1, 0.15) is 18.1 Å². The molecule has 0 aliphatic rings. The van der Waals surface area contributed by atoms with Gasteiger partial charge in [-0.25, -0.2) is 0 Å². The van der Waals surface area contributed by atoms with Gasteiger partial charge in [0.05, 0.1) is 0 Å². The van der Waals surface area contributed by atoms with Crippen molar-refractivity contribution in [2.24, 2.45) is 0 Å². The first-order valence-corrected chi connectivity index (χ1v) is 15.0. The van der Waals surface area contributed by atoms with Crippen molar-refractivity contribution >= 4 is 35.5 Å². The molecule has 0 aliphatic heterocycles. The summed E-state index contributed by atoms with van der Waals surface area (Å²) in [5, 5.41) is 3.25. The van der Waals surface area contributed by atoms with Crippen molar-refractivity contribution < 1.29 is 9.13 Å². The van der Waals surface area contributed by atoms with E-state index in [0.717, 1.165) is 32.3 Å². The third-order valence-corrected chi connectivity index (χ3v) is 13.5. The quantitative estimate of drug-likeness (QED) is 0.308. The number of rotatable bonds is 7. The van der Waals surface area contributed by atoms with E-state index in [2.05, 4.69) is 0 Å². The summed E-state index contributed by atoms with van der Waals surface area (Å²) in [4.78, 5) is 0. The summed E-state index contributed by atoms with van der Waals surface area (Å²) in [6.07, 6.45) is 0.333. The number of hydrogen-bond donors (Lipinski definition) is 0. The highest BCUT2D eigenvalue weighted by Gasteiger charge is 2.39. The van der Waals surface area contributed by atoms with Gasteiger partial charge in [-0.1, -0.05) is 127 Å². The Balaban J connectivity index is 1.85. The maximum Gasteiger partial charge on any atom is 0.146 e. The van der Waals surface area contributed by atoms with Crippen molar-refractivity contribution in [1.29, 1.82) is 0 Å². The van der Waals surface area contributed by atoms with Gasteiger partial charge in [0.25, 0.3) is 0 Å². The van der Waals surface area contributed by atoms with Crippen LogP contribution in [0.25, 0.3) is 0 Å². The van der Waals surface area contributed by atoms with E-state index in [1.54, 1.807) is 0 Å². The van der Waals surface area contributed by atoms with Crippen LogP contribution in [-0.2, 0) is 9.13 Å². The second-order valence-corrected chi connectivity index (χ2v) is 14.9. The summed E-state index contributed by atoms with van der Waals surface area (Å²) in [6, 6.07) is 35.3. The zero-order chi connectivity index (χ0) is 23.5. The van der Waals surface area contributed by atoms with Crippen LogP contribution in [0.5, 0.6) is 0 Å². The van der Waals surface area contributed by atoms with Crippen molar-refractivity contribution in [2.45, 2.75) is 26.4 Å². The minimum absolute atomic E-state index is 0.311. The van der Waals surface area contributed by atoms with Crippen molar-refractivity contribution in [1.82, 2.24) is 0 Å². The summed E-state index contributed by atoms with van der Waals surface area (Å²) < 4.78 is 29.7. The van der Waals surface area contributed by atoms with Gasteiger partial charge in [0.1, 0.15) is 14.3 Å². The first-order valence-electron chi connectivity index (χ1n) is 11.3. The average molecular weight is 473 g/mol. The Labute approximate surface area is 197 Å². The van der Waals surface area contributed by atoms with E-state index in [1.807, 2.05) is 130 Å². The third kappa shape index (κ3) is 4.70. The van der Waals surface area contributed by atoms with E-state index < -0.39 is 14.3 Å². The van der Waals surface area contributed by atoms with Gasteiger partial charge in [0.15, 0.2) is 0 Å². The molecule has 1 atom stereocenters. The maximum absolute atomic E-state index is 15.0. The topological polar surface area (TPSA) is 34.1 Å². The Bertz CT molecular complexity index is 1200. The Morgan fingerprint density at radius 2 is 0.909 bits per heavy atom. The molecule has 0 aliphatic carbocycles. The summed E-state index contributed by atoms with van der Waals surface area (Å²) >= 11 is 0. The Morgan fingerprint density at radius 3 is 1.27 bits per heavy atom. The van der Waals surface area contributed by atoms with Gasteiger partial charge >= 0.3 is 0 Å². The smallest absolute Gasteiger partial charge is 0.146 e. The summed E-state index contributed by atoms with van der Waals surface area (Å²) in [6.45, 7) is 6.06. The van der Waals surface area contributed by atoms with E-state index in [1.165, 1.54) is 0 Å². The second kappa shape index (κ2) is 9.68. The number of aryl methyl sites for hydroxylation is 2. The van der Waals surface area contributed by atoms with Gasteiger partial charge in [0.2, 0.25) is 0 Å². The van der Waals surface area contributed by atoms with Crippen LogP contribution in [0.15, 0.2) is 109 Å². The van der Waals surface area contributed by atoms with Crippen molar-refractivity contribution in [2.75, 3.05) is 6.16 Å². The van der Waals surface area contributed by atoms with Crippen molar-refractivity contribution in [3.8, 4) is 0 Å². The van der Waals surface area contributed by atoms with Crippen LogP contribution in [0.3, 0.4) is 0 Å². The normalized spacial score (nSPS) is 12.9. The molecule has 4 aromatic carbocycles. The van der Waals surface area contributed by atoms with Gasteiger partial charge < -0.3 is 9.13 Å². The molecule has 0 radical (unpaired) electrons. The SMILES string of the molecule is Cc1ccc(P(=O)(c2ccc(C)cc2)C(C)CP(=O)(c2ccccc2)c2ccccc2)cc1. The molecule has 0 aromatic heterocycles. The molecular weight excluding hydrogens is 442 g/mol. The summed E-state index contributed by atoms with van der Waals surface area (Å²) in [7, 11) is -6.07. The van der Waals surface area contributed by atoms with Crippen LogP contribution in [0.2, 0.25) is 0 Å². The molecule has 4 heteroatoms. The zero-order valence-corrected chi connectivity index (χ0v) is 21.2. The molecule has 0 fully saturated rings. The molecule has 2 nitrogen and oxygen atoms in total. The van der Waals surface area contributed by atoms with Crippen LogP contribution in [-0.4, -0.2) is 11.8 Å². The first kappa shape index (κ1) is 23.5. The van der Waals surface area contributed by atoms with Crippen LogP contribution >= 0.6 is 14.3 Å². The molecule has 0 saturated heterocycles. The van der Waals surface area contributed by atoms with Crippen LogP contribution < -0.4 is 21.2 Å². The fraction of sp³-hybridized carbons (Fsp3) is 0.172. The van der Waals surface area contributed by atoms with Gasteiger partial charge in [-0.3, -0.25) is 0 Å². The van der Waals surface area contributed by atoms with E-state index in [9.17, 15) is 9.13 Å². The standard InChI is InChI=1S/C29H30O2P2/c1-23-14-18-28(19-15-23)33(31,29-20-16-24(2)17-21-29)25(3)22-32(30,26-10-6-4-7-11-26)27-12-8-5-9-13-27/h4-21,25H,22H2,1-3H3. The fourth-order valence-electron chi connectivity index (χ4n) is 4.38. The predicted octanol–water partition coefficient (Wildman–Crippen LogP) is 6.02. The molecule has 0 saturated carbocycles. The van der Waals surface area contributed by atoms with E-state index in [0.29, 0.717) is 6.16 Å². The molecule has 0 N–H and O–H groups in total. The Morgan fingerprint density at radius 1 is 0.545 bits per heavy atom. The molecule has 168 valence electrons. The lowest BCUT2D eigenvalue weighted by molar-refractivity contribution is 0.575. The largest absolute Gasteiger partial charge is 0.314 e. The lowest BCUT2D eigenvalue weighted by Crippen LogP contribution is -2.30. The minimum Gasteiger partial charge on any atom is -0.314 e. The molecule has 0 heterocycles. The highest BCUT2D eigenvalue weighted by atomic mass is 31.2. The fourth-order valence-corrected chi connectivity index (χ4v) is 11.3. The minimum atomic E-state index is -3.06. The Kier molecular flexibility index (Phi) is 6.89. The van der Waals surface area contributed by atoms with Gasteiger partial charge in [-0.2, -0.15) is 0 Å². The van der Waals surface area contributed by atoms with E-state index in [-0.39, 0.29) is 5.66 Å². The lowest BCUT2D eigenvalue weighted by Gasteiger charge is -2.30. The van der Waals surface area contributed by atoms with E-state index >= 15 is 0 Å². The average Bonchev–Trinajstić information content (AvgIpc) is 2.85. The monoisotopic (exact) mass is 472 g/mol. The summed E-state index contributed by atoms with van der Waals surface area (Å²) in [5.41, 5.74) is 1.94. The number of hydrogen-bond acceptors (Lipinski definition) is 2. The summed E-state index contributed by atoms with van der Waals surface area (Å²) in [5.74, 6) is 0. The van der Waals surface area contributed by atoms with E-state index in [4.69, 9.17) is 0 Å². The molecule has 1 unspecified atom stereocenters. The second-order valence-electron chi connectivity index (χ2n) is 8.77. The van der Waals surface area contributed by atoms with Gasteiger partial charge in [-0.15, -0.1) is 0 Å². The lowest BCUT2D eigenvalue weighted by atomic mass is 10.2. The predicted molar refractivity (Wildman–Crippen MR) is 143 cm³/mol. The van der Waals surface area contributed by atoms with Crippen LogP contribution in [0.4, 0.5) is 0 Å². The van der Waals surface area contributed by atoms with Crippen molar-refractivity contribution in [3.05, 3.63) is 120 Å². The van der Waals surface area contributed by atoms with Crippen molar-refractivity contribution in [3.63, 3.8) is 0 Å². The molecule has 4 rings (SSSR count). The highest BCUT2D eigenvalue weighted by molar-refractivity contribution is 7.82. The molecule has 33 heavy (non-hydrogen) atoms. The molecular formula is C29H30O2P2. The highest BCUT2D eigenvalue weighted by Crippen LogP contribution is 2.55. The van der Waals surface area contributed by atoms with Gasteiger partial charge in [-0.05, 0) is 13.8 Å². The molecule has 0 bridgehead atoms. The van der Waals surface area contributed by atoms with Crippen LogP contribution in [0, 0.1) is 13.8 Å². The molecule has 0 spiro atoms.